The second-order valence-corrected chi connectivity index (χ2v) is 8.59. The van der Waals surface area contributed by atoms with Gasteiger partial charge in [-0.25, -0.2) is 12.8 Å². The van der Waals surface area contributed by atoms with Crippen LogP contribution in [0.4, 0.5) is 10.1 Å². The molecule has 3 aromatic rings. The minimum Gasteiger partial charge on any atom is -0.284 e. The molecule has 4 rings (SSSR count). The Bertz CT molecular complexity index is 1080. The first kappa shape index (κ1) is 17.2. The lowest BCUT2D eigenvalue weighted by molar-refractivity contribution is 0.399. The summed E-state index contributed by atoms with van der Waals surface area (Å²) in [4.78, 5) is 0. The van der Waals surface area contributed by atoms with Crippen LogP contribution in [0.3, 0.4) is 0 Å². The van der Waals surface area contributed by atoms with Crippen LogP contribution in [0.2, 0.25) is 5.02 Å². The van der Waals surface area contributed by atoms with E-state index in [4.69, 9.17) is 11.6 Å². The summed E-state index contributed by atoms with van der Waals surface area (Å²) in [7, 11) is -3.81. The first-order valence-electron chi connectivity index (χ1n) is 8.20. The Balaban J connectivity index is 1.60. The van der Waals surface area contributed by atoms with Gasteiger partial charge in [0.1, 0.15) is 11.6 Å². The van der Waals surface area contributed by atoms with Gasteiger partial charge >= 0.3 is 0 Å². The second-order valence-electron chi connectivity index (χ2n) is 6.43. The molecule has 1 aromatic carbocycles. The zero-order valence-corrected chi connectivity index (χ0v) is 15.3. The molecule has 0 saturated heterocycles. The molecule has 1 aliphatic carbocycles. The average Bonchev–Trinajstić information content (AvgIpc) is 2.92. The van der Waals surface area contributed by atoms with E-state index in [2.05, 4.69) is 14.9 Å². The Hall–Kier alpha value is -2.19. The van der Waals surface area contributed by atoms with Crippen molar-refractivity contribution in [1.82, 2.24) is 14.6 Å². The summed E-state index contributed by atoms with van der Waals surface area (Å²) in [6, 6.07) is 7.16. The minimum absolute atomic E-state index is 0.0190. The number of anilines is 1. The van der Waals surface area contributed by atoms with Crippen LogP contribution in [0.5, 0.6) is 0 Å². The summed E-state index contributed by atoms with van der Waals surface area (Å²) < 4.78 is 43.0. The molecule has 26 heavy (non-hydrogen) atoms. The maximum Gasteiger partial charge on any atom is 0.237 e. The lowest BCUT2D eigenvalue weighted by Crippen LogP contribution is -2.17. The van der Waals surface area contributed by atoms with Gasteiger partial charge in [0, 0.05) is 22.7 Å². The molecule has 6 nitrogen and oxygen atoms in total. The Kier molecular flexibility index (Phi) is 4.32. The van der Waals surface area contributed by atoms with Gasteiger partial charge in [-0.2, -0.15) is 0 Å². The highest BCUT2D eigenvalue weighted by Gasteiger charge is 2.25. The molecule has 1 aliphatic rings. The average molecular weight is 395 g/mol. The number of benzene rings is 1. The highest BCUT2D eigenvalue weighted by Crippen LogP contribution is 2.35. The number of rotatable bonds is 5. The maximum absolute atomic E-state index is 13.8. The van der Waals surface area contributed by atoms with Gasteiger partial charge in [-0.1, -0.05) is 18.0 Å². The molecule has 1 N–H and O–H groups in total. The smallest absolute Gasteiger partial charge is 0.237 e. The largest absolute Gasteiger partial charge is 0.284 e. The van der Waals surface area contributed by atoms with Crippen LogP contribution in [-0.4, -0.2) is 23.0 Å². The van der Waals surface area contributed by atoms with Crippen LogP contribution < -0.4 is 4.72 Å². The van der Waals surface area contributed by atoms with E-state index in [1.807, 2.05) is 4.40 Å². The minimum atomic E-state index is -3.81. The van der Waals surface area contributed by atoms with Gasteiger partial charge in [0.05, 0.1) is 11.4 Å². The number of sulfonamides is 1. The number of hydrogen-bond acceptors (Lipinski definition) is 4. The third kappa shape index (κ3) is 3.39. The lowest BCUT2D eigenvalue weighted by atomic mass is 9.85. The number of nitrogens with one attached hydrogen (secondary N) is 1. The summed E-state index contributed by atoms with van der Waals surface area (Å²) in [6.45, 7) is 0. The molecule has 0 bridgehead atoms. The van der Waals surface area contributed by atoms with Gasteiger partial charge < -0.3 is 0 Å². The van der Waals surface area contributed by atoms with Crippen LogP contribution in [0.25, 0.3) is 5.65 Å². The number of pyridine rings is 1. The second kappa shape index (κ2) is 6.51. The van der Waals surface area contributed by atoms with Crippen LogP contribution in [0.1, 0.15) is 36.6 Å². The lowest BCUT2D eigenvalue weighted by Gasteiger charge is -2.23. The SMILES string of the molecule is O=S(=O)(Cc1cc(Cl)ccc1F)Nc1ccc2nnc(C3CCC3)n2c1. The molecular formula is C17H16ClFN4O2S. The molecule has 9 heteroatoms. The molecule has 0 atom stereocenters. The number of aromatic nitrogens is 3. The van der Waals surface area contributed by atoms with Crippen LogP contribution in [-0.2, 0) is 15.8 Å². The number of halogens is 2. The van der Waals surface area contributed by atoms with Crippen molar-refractivity contribution in [3.63, 3.8) is 0 Å². The van der Waals surface area contributed by atoms with Crippen LogP contribution in [0, 0.1) is 5.82 Å². The van der Waals surface area contributed by atoms with Crippen molar-refractivity contribution in [3.8, 4) is 0 Å². The Morgan fingerprint density at radius 3 is 2.77 bits per heavy atom. The molecule has 1 fully saturated rings. The maximum atomic E-state index is 13.8. The van der Waals surface area contributed by atoms with Crippen molar-refractivity contribution in [2.24, 2.45) is 0 Å². The van der Waals surface area contributed by atoms with Crippen molar-refractivity contribution < 1.29 is 12.8 Å². The Morgan fingerprint density at radius 1 is 1.23 bits per heavy atom. The molecule has 0 amide bonds. The van der Waals surface area contributed by atoms with Crippen molar-refractivity contribution in [2.45, 2.75) is 30.9 Å². The molecule has 0 unspecified atom stereocenters. The first-order chi connectivity index (χ1) is 12.4. The number of fused-ring (bicyclic) bond motifs is 1. The van der Waals surface area contributed by atoms with E-state index < -0.39 is 21.6 Å². The van der Waals surface area contributed by atoms with Crippen LogP contribution >= 0.6 is 11.6 Å². The predicted octanol–water partition coefficient (Wildman–Crippen LogP) is 3.73. The topological polar surface area (TPSA) is 76.4 Å². The summed E-state index contributed by atoms with van der Waals surface area (Å²) in [5.41, 5.74) is 1.06. The predicted molar refractivity (Wildman–Crippen MR) is 97.2 cm³/mol. The van der Waals surface area contributed by atoms with Crippen molar-refractivity contribution in [1.29, 1.82) is 0 Å². The first-order valence-corrected chi connectivity index (χ1v) is 10.2. The summed E-state index contributed by atoms with van der Waals surface area (Å²) >= 11 is 5.83. The van der Waals surface area contributed by atoms with Crippen LogP contribution in [0.15, 0.2) is 36.5 Å². The molecule has 2 heterocycles. The zero-order chi connectivity index (χ0) is 18.3. The normalized spacial score (nSPS) is 15.2. The van der Waals surface area contributed by atoms with Crippen molar-refractivity contribution in [2.75, 3.05) is 4.72 Å². The van der Waals surface area contributed by atoms with Gasteiger partial charge in [-0.15, -0.1) is 10.2 Å². The highest BCUT2D eigenvalue weighted by molar-refractivity contribution is 7.91. The van der Waals surface area contributed by atoms with E-state index in [1.165, 1.54) is 12.1 Å². The molecule has 0 aliphatic heterocycles. The van der Waals surface area contributed by atoms with Crippen molar-refractivity contribution >= 4 is 33.0 Å². The van der Waals surface area contributed by atoms with E-state index in [0.717, 1.165) is 31.2 Å². The molecule has 1 saturated carbocycles. The molecule has 0 spiro atoms. The van der Waals surface area contributed by atoms with Gasteiger partial charge in [-0.05, 0) is 43.2 Å². The summed E-state index contributed by atoms with van der Waals surface area (Å²) in [6.07, 6.45) is 4.95. The number of nitrogens with zero attached hydrogens (tertiary/aromatic N) is 3. The van der Waals surface area contributed by atoms with Gasteiger partial charge in [0.25, 0.3) is 0 Å². The van der Waals surface area contributed by atoms with E-state index in [9.17, 15) is 12.8 Å². The van der Waals surface area contributed by atoms with Gasteiger partial charge in [-0.3, -0.25) is 9.12 Å². The summed E-state index contributed by atoms with van der Waals surface area (Å²) in [5.74, 6) is 0.0849. The fourth-order valence-electron chi connectivity index (χ4n) is 2.99. The molecular weight excluding hydrogens is 379 g/mol. The fourth-order valence-corrected chi connectivity index (χ4v) is 4.37. The standard InChI is InChI=1S/C17H16ClFN4O2S/c18-13-4-6-15(19)12(8-13)10-26(24,25)22-14-5-7-16-20-21-17(23(16)9-14)11-2-1-3-11/h4-9,11,22H,1-3,10H2. The van der Waals surface area contributed by atoms with Gasteiger partial charge in [0.15, 0.2) is 5.65 Å². The van der Waals surface area contributed by atoms with E-state index in [-0.39, 0.29) is 10.6 Å². The molecule has 2 aromatic heterocycles. The summed E-state index contributed by atoms with van der Waals surface area (Å²) in [5, 5.41) is 8.62. The van der Waals surface area contributed by atoms with E-state index in [1.54, 1.807) is 18.3 Å². The third-order valence-electron chi connectivity index (χ3n) is 4.53. The monoisotopic (exact) mass is 394 g/mol. The fraction of sp³-hybridized carbons (Fsp3) is 0.294. The van der Waals surface area contributed by atoms with E-state index >= 15 is 0 Å². The Morgan fingerprint density at radius 2 is 2.04 bits per heavy atom. The molecule has 0 radical (unpaired) electrons. The number of hydrogen-bond donors (Lipinski definition) is 1. The van der Waals surface area contributed by atoms with Crippen molar-refractivity contribution in [3.05, 3.63) is 58.8 Å². The Labute approximate surface area is 155 Å². The van der Waals surface area contributed by atoms with E-state index in [0.29, 0.717) is 17.3 Å². The molecule has 136 valence electrons. The quantitative estimate of drug-likeness (QED) is 0.715. The highest BCUT2D eigenvalue weighted by atomic mass is 35.5. The zero-order valence-electron chi connectivity index (χ0n) is 13.7. The van der Waals surface area contributed by atoms with Gasteiger partial charge in [0.2, 0.25) is 10.0 Å². The third-order valence-corrected chi connectivity index (χ3v) is 6.00.